The maximum atomic E-state index is 9.33. The first-order valence-electron chi connectivity index (χ1n) is 4.85. The van der Waals surface area contributed by atoms with Crippen molar-refractivity contribution >= 4 is 12.4 Å². The Labute approximate surface area is 85.3 Å². The van der Waals surface area contributed by atoms with E-state index in [0.717, 1.165) is 26.2 Å². The van der Waals surface area contributed by atoms with Crippen molar-refractivity contribution in [2.45, 2.75) is 31.4 Å². The molecule has 0 aliphatic carbocycles. The van der Waals surface area contributed by atoms with Gasteiger partial charge in [-0.1, -0.05) is 0 Å². The fourth-order valence-corrected chi connectivity index (χ4v) is 2.19. The summed E-state index contributed by atoms with van der Waals surface area (Å²) in [5.41, 5.74) is 0. The highest BCUT2D eigenvalue weighted by Gasteiger charge is 2.30. The average molecular weight is 208 g/mol. The third kappa shape index (κ3) is 2.81. The molecule has 2 rings (SSSR count). The van der Waals surface area contributed by atoms with Gasteiger partial charge in [-0.3, -0.25) is 0 Å². The minimum absolute atomic E-state index is 0. The van der Waals surface area contributed by atoms with E-state index in [1.807, 2.05) is 0 Å². The molecule has 2 aliphatic rings. The molecule has 0 amide bonds. The number of aliphatic hydroxyl groups excluding tert-OH is 1. The number of hydrogen-bond acceptors (Lipinski definition) is 3. The van der Waals surface area contributed by atoms with Crippen LogP contribution in [-0.4, -0.2) is 37.0 Å². The van der Waals surface area contributed by atoms with Gasteiger partial charge in [0.15, 0.2) is 0 Å². The minimum atomic E-state index is -0.128. The summed E-state index contributed by atoms with van der Waals surface area (Å²) in [7, 11) is 0. The van der Waals surface area contributed by atoms with E-state index in [9.17, 15) is 5.11 Å². The van der Waals surface area contributed by atoms with E-state index in [0.29, 0.717) is 12.0 Å². The molecule has 2 aliphatic heterocycles. The predicted molar refractivity (Wildman–Crippen MR) is 53.2 cm³/mol. The van der Waals surface area contributed by atoms with Crippen molar-refractivity contribution in [3.05, 3.63) is 0 Å². The number of hydrogen-bond donors (Lipinski definition) is 2. The zero-order chi connectivity index (χ0) is 8.39. The minimum Gasteiger partial charge on any atom is -0.392 e. The first-order valence-corrected chi connectivity index (χ1v) is 4.85. The molecule has 4 heteroatoms. The number of aliphatic hydroxyl groups is 1. The molecule has 2 fully saturated rings. The van der Waals surface area contributed by atoms with Gasteiger partial charge in [0, 0.05) is 19.2 Å². The molecule has 2 saturated heterocycles. The highest BCUT2D eigenvalue weighted by molar-refractivity contribution is 5.85. The zero-order valence-electron chi connectivity index (χ0n) is 7.74. The van der Waals surface area contributed by atoms with Gasteiger partial charge in [-0.25, -0.2) is 0 Å². The molecule has 2 N–H and O–H groups in total. The van der Waals surface area contributed by atoms with Crippen molar-refractivity contribution in [1.82, 2.24) is 5.32 Å². The molecular weight excluding hydrogens is 190 g/mol. The maximum Gasteiger partial charge on any atom is 0.0679 e. The molecule has 0 aromatic heterocycles. The summed E-state index contributed by atoms with van der Waals surface area (Å²) >= 11 is 0. The molecule has 0 bridgehead atoms. The van der Waals surface area contributed by atoms with Crippen LogP contribution >= 0.6 is 12.4 Å². The van der Waals surface area contributed by atoms with Crippen LogP contribution in [0, 0.1) is 5.92 Å². The van der Waals surface area contributed by atoms with E-state index in [4.69, 9.17) is 4.74 Å². The van der Waals surface area contributed by atoms with Crippen LogP contribution in [0.2, 0.25) is 0 Å². The highest BCUT2D eigenvalue weighted by atomic mass is 35.5. The van der Waals surface area contributed by atoms with E-state index in [1.54, 1.807) is 0 Å². The Kier molecular flexibility index (Phi) is 4.46. The van der Waals surface area contributed by atoms with E-state index in [2.05, 4.69) is 5.32 Å². The summed E-state index contributed by atoms with van der Waals surface area (Å²) in [4.78, 5) is 0. The van der Waals surface area contributed by atoms with Crippen LogP contribution in [0.15, 0.2) is 0 Å². The SMILES string of the molecule is Cl.OC1CNC(C2CCCOC2)C1. The molecule has 78 valence electrons. The monoisotopic (exact) mass is 207 g/mol. The van der Waals surface area contributed by atoms with Crippen LogP contribution in [-0.2, 0) is 4.74 Å². The van der Waals surface area contributed by atoms with Crippen LogP contribution in [0.1, 0.15) is 19.3 Å². The van der Waals surface area contributed by atoms with Crippen molar-refractivity contribution in [3.8, 4) is 0 Å². The molecule has 13 heavy (non-hydrogen) atoms. The molecule has 3 atom stereocenters. The van der Waals surface area contributed by atoms with Gasteiger partial charge in [-0.05, 0) is 25.2 Å². The molecule has 0 saturated carbocycles. The van der Waals surface area contributed by atoms with Gasteiger partial charge in [0.1, 0.15) is 0 Å². The van der Waals surface area contributed by atoms with Gasteiger partial charge in [-0.15, -0.1) is 12.4 Å². The van der Waals surface area contributed by atoms with Gasteiger partial charge in [0.05, 0.1) is 12.7 Å². The van der Waals surface area contributed by atoms with Gasteiger partial charge in [-0.2, -0.15) is 0 Å². The second kappa shape index (κ2) is 5.15. The van der Waals surface area contributed by atoms with Gasteiger partial charge in [0.2, 0.25) is 0 Å². The van der Waals surface area contributed by atoms with E-state index < -0.39 is 0 Å². The highest BCUT2D eigenvalue weighted by Crippen LogP contribution is 2.23. The standard InChI is InChI=1S/C9H17NO2.ClH/c11-8-4-9(10-5-8)7-2-1-3-12-6-7;/h7-11H,1-6H2;1H. The average Bonchev–Trinajstić information content (AvgIpc) is 2.54. The maximum absolute atomic E-state index is 9.33. The lowest BCUT2D eigenvalue weighted by atomic mass is 9.92. The molecule has 3 unspecified atom stereocenters. The van der Waals surface area contributed by atoms with Crippen LogP contribution in [0.25, 0.3) is 0 Å². The first-order chi connectivity index (χ1) is 5.86. The van der Waals surface area contributed by atoms with E-state index in [1.165, 1.54) is 12.8 Å². The third-order valence-corrected chi connectivity index (χ3v) is 2.91. The summed E-state index contributed by atoms with van der Waals surface area (Å²) in [6.45, 7) is 2.57. The predicted octanol–water partition coefficient (Wildman–Crippen LogP) is 0.558. The number of nitrogens with one attached hydrogen (secondary N) is 1. The lowest BCUT2D eigenvalue weighted by molar-refractivity contribution is 0.0404. The second-order valence-corrected chi connectivity index (χ2v) is 3.88. The molecule has 0 aromatic carbocycles. The van der Waals surface area contributed by atoms with Gasteiger partial charge < -0.3 is 15.2 Å². The van der Waals surface area contributed by atoms with Crippen molar-refractivity contribution in [1.29, 1.82) is 0 Å². The van der Waals surface area contributed by atoms with E-state index in [-0.39, 0.29) is 18.5 Å². The van der Waals surface area contributed by atoms with Crippen molar-refractivity contribution in [2.24, 2.45) is 5.92 Å². The molecule has 0 spiro atoms. The number of ether oxygens (including phenoxy) is 1. The van der Waals surface area contributed by atoms with Crippen molar-refractivity contribution in [3.63, 3.8) is 0 Å². The summed E-state index contributed by atoms with van der Waals surface area (Å²) in [5.74, 6) is 0.635. The molecule has 3 nitrogen and oxygen atoms in total. The Hall–Kier alpha value is 0.170. The smallest absolute Gasteiger partial charge is 0.0679 e. The van der Waals surface area contributed by atoms with Crippen LogP contribution in [0.4, 0.5) is 0 Å². The first kappa shape index (κ1) is 11.2. The topological polar surface area (TPSA) is 41.5 Å². The van der Waals surface area contributed by atoms with Crippen molar-refractivity contribution < 1.29 is 9.84 Å². The number of halogens is 1. The fraction of sp³-hybridized carbons (Fsp3) is 1.00. The van der Waals surface area contributed by atoms with Crippen LogP contribution in [0.5, 0.6) is 0 Å². The lowest BCUT2D eigenvalue weighted by Gasteiger charge is -2.27. The quantitative estimate of drug-likeness (QED) is 0.660. The third-order valence-electron chi connectivity index (χ3n) is 2.91. The van der Waals surface area contributed by atoms with E-state index >= 15 is 0 Å². The Morgan fingerprint density at radius 2 is 2.23 bits per heavy atom. The largest absolute Gasteiger partial charge is 0.392 e. The number of β-amino-alcohol motifs (C(OH)–C–C–N with tert-alkyl or cyclic N) is 1. The van der Waals surface area contributed by atoms with Gasteiger partial charge >= 0.3 is 0 Å². The van der Waals surface area contributed by atoms with Crippen molar-refractivity contribution in [2.75, 3.05) is 19.8 Å². The van der Waals surface area contributed by atoms with Gasteiger partial charge in [0.25, 0.3) is 0 Å². The summed E-state index contributed by atoms with van der Waals surface area (Å²) in [6.07, 6.45) is 3.22. The normalized spacial score (nSPS) is 39.9. The molecule has 0 radical (unpaired) electrons. The van der Waals surface area contributed by atoms with Crippen LogP contribution in [0.3, 0.4) is 0 Å². The Morgan fingerprint density at radius 3 is 2.77 bits per heavy atom. The number of rotatable bonds is 1. The zero-order valence-corrected chi connectivity index (χ0v) is 8.55. The Balaban J connectivity index is 0.000000845. The molecular formula is C9H18ClNO2. The van der Waals surface area contributed by atoms with Crippen LogP contribution < -0.4 is 5.32 Å². The Morgan fingerprint density at radius 1 is 1.38 bits per heavy atom. The molecule has 0 aromatic rings. The lowest BCUT2D eigenvalue weighted by Crippen LogP contribution is -2.35. The summed E-state index contributed by atoms with van der Waals surface area (Å²) < 4.78 is 5.41. The summed E-state index contributed by atoms with van der Waals surface area (Å²) in [6, 6.07) is 0.500. The summed E-state index contributed by atoms with van der Waals surface area (Å²) in [5, 5.41) is 12.7. The second-order valence-electron chi connectivity index (χ2n) is 3.88. The fourth-order valence-electron chi connectivity index (χ4n) is 2.19. The molecule has 2 heterocycles. The Bertz CT molecular complexity index is 148.